The number of piperidine rings is 1. The Hall–Kier alpha value is -1.92. The zero-order valence-electron chi connectivity index (χ0n) is 14.7. The molecule has 25 heavy (non-hydrogen) atoms. The minimum atomic E-state index is -0.138. The van der Waals surface area contributed by atoms with Gasteiger partial charge in [0.1, 0.15) is 5.75 Å². The summed E-state index contributed by atoms with van der Waals surface area (Å²) in [7, 11) is 0. The van der Waals surface area contributed by atoms with Crippen LogP contribution in [0.2, 0.25) is 0 Å². The number of amides is 1. The number of ether oxygens (including phenoxy) is 1. The van der Waals surface area contributed by atoms with Crippen molar-refractivity contribution in [3.05, 3.63) is 40.9 Å². The van der Waals surface area contributed by atoms with Gasteiger partial charge in [-0.25, -0.2) is 4.98 Å². The standard InChI is InChI=1S/C19H25N3O2S/c1-3-13(2)24-16-6-4-15(5-7-16)18(23)22-19-21-12-17(25-19)14-8-10-20-11-9-14/h4-7,12-14,20H,3,8-11H2,1-2H3,(H,21,22,23). The molecule has 2 heterocycles. The summed E-state index contributed by atoms with van der Waals surface area (Å²) >= 11 is 1.58. The molecular weight excluding hydrogens is 334 g/mol. The first kappa shape index (κ1) is 17.9. The quantitative estimate of drug-likeness (QED) is 0.817. The van der Waals surface area contributed by atoms with Crippen LogP contribution in [0.4, 0.5) is 5.13 Å². The maximum absolute atomic E-state index is 12.4. The van der Waals surface area contributed by atoms with Crippen LogP contribution >= 0.6 is 11.3 Å². The van der Waals surface area contributed by atoms with Crippen LogP contribution in [-0.4, -0.2) is 30.1 Å². The zero-order valence-corrected chi connectivity index (χ0v) is 15.6. The van der Waals surface area contributed by atoms with E-state index in [4.69, 9.17) is 4.74 Å². The van der Waals surface area contributed by atoms with Crippen LogP contribution in [0.15, 0.2) is 30.5 Å². The Morgan fingerprint density at radius 3 is 2.76 bits per heavy atom. The Bertz CT molecular complexity index is 693. The molecular formula is C19H25N3O2S. The van der Waals surface area contributed by atoms with Crippen LogP contribution in [0, 0.1) is 0 Å². The summed E-state index contributed by atoms with van der Waals surface area (Å²) in [6, 6.07) is 7.25. The molecule has 1 aliphatic heterocycles. The molecule has 0 aliphatic carbocycles. The second-order valence-electron chi connectivity index (χ2n) is 6.41. The fourth-order valence-corrected chi connectivity index (χ4v) is 3.79. The molecule has 1 fully saturated rings. The van der Waals surface area contributed by atoms with E-state index in [1.54, 1.807) is 23.5 Å². The largest absolute Gasteiger partial charge is 0.491 e. The van der Waals surface area contributed by atoms with E-state index in [0.717, 1.165) is 38.1 Å². The number of carbonyl (C=O) groups is 1. The molecule has 1 atom stereocenters. The van der Waals surface area contributed by atoms with Crippen LogP contribution < -0.4 is 15.4 Å². The number of aromatic nitrogens is 1. The molecule has 2 N–H and O–H groups in total. The molecule has 2 aromatic rings. The number of rotatable bonds is 6. The Morgan fingerprint density at radius 1 is 1.36 bits per heavy atom. The molecule has 1 unspecified atom stereocenters. The topological polar surface area (TPSA) is 63.2 Å². The predicted octanol–water partition coefficient (Wildman–Crippen LogP) is 4.04. The Kier molecular flexibility index (Phi) is 6.04. The second-order valence-corrected chi connectivity index (χ2v) is 7.47. The van der Waals surface area contributed by atoms with E-state index >= 15 is 0 Å². The van der Waals surface area contributed by atoms with Crippen molar-refractivity contribution in [1.29, 1.82) is 0 Å². The van der Waals surface area contributed by atoms with Crippen LogP contribution in [0.5, 0.6) is 5.75 Å². The van der Waals surface area contributed by atoms with Gasteiger partial charge in [0.15, 0.2) is 5.13 Å². The molecule has 1 aromatic carbocycles. The van der Waals surface area contributed by atoms with Gasteiger partial charge in [-0.1, -0.05) is 6.92 Å². The van der Waals surface area contributed by atoms with E-state index in [-0.39, 0.29) is 12.0 Å². The summed E-state index contributed by atoms with van der Waals surface area (Å²) in [6.45, 7) is 6.21. The first-order valence-corrected chi connectivity index (χ1v) is 9.72. The highest BCUT2D eigenvalue weighted by Gasteiger charge is 2.18. The average molecular weight is 359 g/mol. The first-order valence-electron chi connectivity index (χ1n) is 8.90. The lowest BCUT2D eigenvalue weighted by molar-refractivity contribution is 0.102. The highest BCUT2D eigenvalue weighted by Crippen LogP contribution is 2.31. The molecule has 134 valence electrons. The van der Waals surface area contributed by atoms with Crippen LogP contribution in [0.3, 0.4) is 0 Å². The molecule has 1 saturated heterocycles. The molecule has 0 bridgehead atoms. The third-order valence-corrected chi connectivity index (χ3v) is 5.59. The number of benzene rings is 1. The predicted molar refractivity (Wildman–Crippen MR) is 102 cm³/mol. The number of nitrogens with one attached hydrogen (secondary N) is 2. The molecule has 0 spiro atoms. The first-order chi connectivity index (χ1) is 12.2. The molecule has 0 saturated carbocycles. The maximum atomic E-state index is 12.4. The van der Waals surface area contributed by atoms with Crippen LogP contribution in [0.1, 0.15) is 54.3 Å². The summed E-state index contributed by atoms with van der Waals surface area (Å²) in [5.41, 5.74) is 0.607. The van der Waals surface area contributed by atoms with Gasteiger partial charge < -0.3 is 10.1 Å². The third kappa shape index (κ3) is 4.80. The van der Waals surface area contributed by atoms with Gasteiger partial charge in [-0.2, -0.15) is 0 Å². The van der Waals surface area contributed by atoms with Gasteiger partial charge in [-0.15, -0.1) is 11.3 Å². The molecule has 1 amide bonds. The van der Waals surface area contributed by atoms with Crippen LogP contribution in [-0.2, 0) is 0 Å². The second kappa shape index (κ2) is 8.45. The summed E-state index contributed by atoms with van der Waals surface area (Å²) in [5, 5.41) is 6.94. The summed E-state index contributed by atoms with van der Waals surface area (Å²) in [4.78, 5) is 18.0. The molecule has 0 radical (unpaired) electrons. The molecule has 1 aromatic heterocycles. The van der Waals surface area contributed by atoms with Gasteiger partial charge in [-0.3, -0.25) is 10.1 Å². The van der Waals surface area contributed by atoms with E-state index in [9.17, 15) is 4.79 Å². The van der Waals surface area contributed by atoms with Gasteiger partial charge in [-0.05, 0) is 69.5 Å². The number of anilines is 1. The number of hydrogen-bond acceptors (Lipinski definition) is 5. The lowest BCUT2D eigenvalue weighted by Crippen LogP contribution is -2.26. The number of nitrogens with zero attached hydrogens (tertiary/aromatic N) is 1. The smallest absolute Gasteiger partial charge is 0.257 e. The van der Waals surface area contributed by atoms with Gasteiger partial charge in [0, 0.05) is 16.6 Å². The van der Waals surface area contributed by atoms with Crippen molar-refractivity contribution in [2.24, 2.45) is 0 Å². The zero-order chi connectivity index (χ0) is 17.6. The Morgan fingerprint density at radius 2 is 2.08 bits per heavy atom. The molecule has 5 nitrogen and oxygen atoms in total. The van der Waals surface area contributed by atoms with Gasteiger partial charge >= 0.3 is 0 Å². The lowest BCUT2D eigenvalue weighted by atomic mass is 9.97. The minimum absolute atomic E-state index is 0.138. The van der Waals surface area contributed by atoms with E-state index < -0.39 is 0 Å². The normalized spacial score (nSPS) is 16.4. The SMILES string of the molecule is CCC(C)Oc1ccc(C(=O)Nc2ncc(C3CCNCC3)s2)cc1. The van der Waals surface area contributed by atoms with E-state index in [2.05, 4.69) is 22.5 Å². The fourth-order valence-electron chi connectivity index (χ4n) is 2.81. The number of carbonyl (C=O) groups excluding carboxylic acids is 1. The third-order valence-electron chi connectivity index (χ3n) is 4.51. The molecule has 3 rings (SSSR count). The summed E-state index contributed by atoms with van der Waals surface area (Å²) in [6.07, 6.45) is 5.29. The van der Waals surface area contributed by atoms with E-state index in [1.807, 2.05) is 25.3 Å². The van der Waals surface area contributed by atoms with Gasteiger partial charge in [0.2, 0.25) is 0 Å². The van der Waals surface area contributed by atoms with E-state index in [0.29, 0.717) is 16.6 Å². The van der Waals surface area contributed by atoms with Crippen molar-refractivity contribution >= 4 is 22.4 Å². The molecule has 1 aliphatic rings. The molecule has 6 heteroatoms. The Balaban J connectivity index is 1.59. The highest BCUT2D eigenvalue weighted by atomic mass is 32.1. The number of hydrogen-bond donors (Lipinski definition) is 2. The van der Waals surface area contributed by atoms with Crippen molar-refractivity contribution < 1.29 is 9.53 Å². The Labute approximate surface area is 152 Å². The highest BCUT2D eigenvalue weighted by molar-refractivity contribution is 7.15. The van der Waals surface area contributed by atoms with Crippen molar-refractivity contribution in [2.45, 2.75) is 45.1 Å². The van der Waals surface area contributed by atoms with Crippen molar-refractivity contribution in [1.82, 2.24) is 10.3 Å². The minimum Gasteiger partial charge on any atom is -0.491 e. The number of thiazole rings is 1. The maximum Gasteiger partial charge on any atom is 0.257 e. The lowest BCUT2D eigenvalue weighted by Gasteiger charge is -2.20. The van der Waals surface area contributed by atoms with Crippen molar-refractivity contribution in [3.8, 4) is 5.75 Å². The van der Waals surface area contributed by atoms with Crippen LogP contribution in [0.25, 0.3) is 0 Å². The monoisotopic (exact) mass is 359 g/mol. The van der Waals surface area contributed by atoms with Gasteiger partial charge in [0.05, 0.1) is 6.10 Å². The van der Waals surface area contributed by atoms with Gasteiger partial charge in [0.25, 0.3) is 5.91 Å². The van der Waals surface area contributed by atoms with E-state index in [1.165, 1.54) is 4.88 Å². The van der Waals surface area contributed by atoms with Crippen molar-refractivity contribution in [3.63, 3.8) is 0 Å². The fraction of sp³-hybridized carbons (Fsp3) is 0.474. The van der Waals surface area contributed by atoms with Crippen molar-refractivity contribution in [2.75, 3.05) is 18.4 Å². The summed E-state index contributed by atoms with van der Waals surface area (Å²) < 4.78 is 5.74. The average Bonchev–Trinajstić information content (AvgIpc) is 3.11. The summed E-state index contributed by atoms with van der Waals surface area (Å²) in [5.74, 6) is 1.20.